The molecule has 0 spiro atoms. The third-order valence-electron chi connectivity index (χ3n) is 1.91. The van der Waals surface area contributed by atoms with Crippen LogP contribution in [0, 0.1) is 0 Å². The topological polar surface area (TPSA) is 69.6 Å². The minimum absolute atomic E-state index is 0.179. The number of likely N-dealkylation sites (N-methyl/N-ethyl adjacent to an activating group) is 1. The molecule has 1 aromatic rings. The zero-order valence-corrected chi connectivity index (χ0v) is 8.34. The van der Waals surface area contributed by atoms with Gasteiger partial charge in [0.15, 0.2) is 6.29 Å². The number of aliphatic hydroxyl groups is 2. The molecule has 0 radical (unpaired) electrons. The van der Waals surface area contributed by atoms with Crippen LogP contribution in [0.2, 0.25) is 0 Å². The van der Waals surface area contributed by atoms with Crippen LogP contribution < -0.4 is 5.32 Å². The Morgan fingerprint density at radius 3 is 2.40 bits per heavy atom. The van der Waals surface area contributed by atoms with E-state index in [1.54, 1.807) is 37.4 Å². The van der Waals surface area contributed by atoms with Gasteiger partial charge in [0.1, 0.15) is 0 Å². The highest BCUT2D eigenvalue weighted by atomic mass is 16.5. The fraction of sp³-hybridized carbons (Fsp3) is 0.182. The summed E-state index contributed by atoms with van der Waals surface area (Å²) in [6, 6.07) is 6.59. The van der Waals surface area contributed by atoms with Gasteiger partial charge in [0.2, 0.25) is 5.91 Å². The molecule has 0 bridgehead atoms. The van der Waals surface area contributed by atoms with Crippen molar-refractivity contribution in [1.82, 2.24) is 5.32 Å². The van der Waals surface area contributed by atoms with Gasteiger partial charge >= 0.3 is 0 Å². The minimum Gasteiger partial charge on any atom is -0.364 e. The van der Waals surface area contributed by atoms with Crippen molar-refractivity contribution in [3.8, 4) is 0 Å². The molecule has 0 aliphatic rings. The summed E-state index contributed by atoms with van der Waals surface area (Å²) in [5.74, 6) is -0.179. The highest BCUT2D eigenvalue weighted by molar-refractivity contribution is 5.91. The zero-order chi connectivity index (χ0) is 11.3. The van der Waals surface area contributed by atoms with Crippen LogP contribution in [-0.2, 0) is 4.79 Å². The zero-order valence-electron chi connectivity index (χ0n) is 8.34. The number of carbonyl (C=O) groups excluding carboxylic acids is 1. The molecule has 0 saturated carbocycles. The molecule has 1 aromatic carbocycles. The van der Waals surface area contributed by atoms with Crippen molar-refractivity contribution in [2.75, 3.05) is 7.05 Å². The normalized spacial score (nSPS) is 10.9. The Balaban J connectivity index is 2.72. The largest absolute Gasteiger partial charge is 0.364 e. The first-order valence-electron chi connectivity index (χ1n) is 4.49. The number of rotatable bonds is 3. The smallest absolute Gasteiger partial charge is 0.243 e. The number of amides is 1. The third kappa shape index (κ3) is 3.53. The van der Waals surface area contributed by atoms with Crippen LogP contribution in [0.1, 0.15) is 17.4 Å². The summed E-state index contributed by atoms with van der Waals surface area (Å²) < 4.78 is 0. The Morgan fingerprint density at radius 1 is 1.33 bits per heavy atom. The number of hydrogen-bond acceptors (Lipinski definition) is 3. The lowest BCUT2D eigenvalue weighted by molar-refractivity contribution is -0.115. The molecule has 4 heteroatoms. The molecule has 0 saturated heterocycles. The molecular weight excluding hydrogens is 194 g/mol. The molecule has 1 amide bonds. The van der Waals surface area contributed by atoms with E-state index >= 15 is 0 Å². The molecule has 0 unspecified atom stereocenters. The molecule has 3 N–H and O–H groups in total. The van der Waals surface area contributed by atoms with Gasteiger partial charge in [0.05, 0.1) is 0 Å². The van der Waals surface area contributed by atoms with Crippen molar-refractivity contribution in [3.05, 3.63) is 41.5 Å². The summed E-state index contributed by atoms with van der Waals surface area (Å²) in [7, 11) is 1.55. The summed E-state index contributed by atoms with van der Waals surface area (Å²) in [5, 5.41) is 20.1. The molecule has 0 heterocycles. The monoisotopic (exact) mass is 207 g/mol. The van der Waals surface area contributed by atoms with Crippen LogP contribution in [0.5, 0.6) is 0 Å². The predicted octanol–water partition coefficient (Wildman–Crippen LogP) is 0.429. The van der Waals surface area contributed by atoms with E-state index in [9.17, 15) is 4.79 Å². The number of benzene rings is 1. The van der Waals surface area contributed by atoms with Crippen molar-refractivity contribution in [2.45, 2.75) is 6.29 Å². The molecule has 0 aliphatic carbocycles. The first-order chi connectivity index (χ1) is 7.13. The molecule has 15 heavy (non-hydrogen) atoms. The van der Waals surface area contributed by atoms with E-state index in [1.165, 1.54) is 6.08 Å². The van der Waals surface area contributed by atoms with Crippen LogP contribution in [0.3, 0.4) is 0 Å². The molecule has 80 valence electrons. The highest BCUT2D eigenvalue weighted by Gasteiger charge is 2.00. The van der Waals surface area contributed by atoms with Gasteiger partial charge in [-0.05, 0) is 11.6 Å². The van der Waals surface area contributed by atoms with Crippen molar-refractivity contribution >= 4 is 12.0 Å². The second-order valence-corrected chi connectivity index (χ2v) is 2.99. The molecule has 0 aliphatic heterocycles. The Hall–Kier alpha value is -1.65. The van der Waals surface area contributed by atoms with E-state index in [0.717, 1.165) is 5.56 Å². The second kappa shape index (κ2) is 5.29. The van der Waals surface area contributed by atoms with E-state index in [-0.39, 0.29) is 5.91 Å². The average Bonchev–Trinajstić information content (AvgIpc) is 2.26. The third-order valence-corrected chi connectivity index (χ3v) is 1.91. The average molecular weight is 207 g/mol. The maximum atomic E-state index is 10.9. The van der Waals surface area contributed by atoms with Crippen LogP contribution in [0.15, 0.2) is 30.3 Å². The molecule has 4 nitrogen and oxygen atoms in total. The van der Waals surface area contributed by atoms with Gasteiger partial charge in [-0.3, -0.25) is 4.79 Å². The highest BCUT2D eigenvalue weighted by Crippen LogP contribution is 2.11. The van der Waals surface area contributed by atoms with E-state index in [0.29, 0.717) is 5.56 Å². The Labute approximate surface area is 87.9 Å². The summed E-state index contributed by atoms with van der Waals surface area (Å²) in [6.07, 6.45) is 1.60. The second-order valence-electron chi connectivity index (χ2n) is 2.99. The van der Waals surface area contributed by atoms with E-state index in [1.807, 2.05) is 0 Å². The van der Waals surface area contributed by atoms with E-state index < -0.39 is 6.29 Å². The lowest BCUT2D eigenvalue weighted by Gasteiger charge is -2.02. The maximum absolute atomic E-state index is 10.9. The van der Waals surface area contributed by atoms with Gasteiger partial charge in [-0.15, -0.1) is 0 Å². The van der Waals surface area contributed by atoms with Crippen LogP contribution in [0.4, 0.5) is 0 Å². The number of hydrogen-bond donors (Lipinski definition) is 3. The van der Waals surface area contributed by atoms with Crippen LogP contribution in [0.25, 0.3) is 6.08 Å². The Morgan fingerprint density at radius 2 is 1.93 bits per heavy atom. The van der Waals surface area contributed by atoms with Gasteiger partial charge in [-0.2, -0.15) is 0 Å². The van der Waals surface area contributed by atoms with Crippen molar-refractivity contribution < 1.29 is 15.0 Å². The van der Waals surface area contributed by atoms with Crippen molar-refractivity contribution in [2.24, 2.45) is 0 Å². The number of carbonyl (C=O) groups is 1. The van der Waals surface area contributed by atoms with Gasteiger partial charge in [-0.25, -0.2) is 0 Å². The summed E-state index contributed by atoms with van der Waals surface area (Å²) in [6.45, 7) is 0. The first-order valence-corrected chi connectivity index (χ1v) is 4.49. The van der Waals surface area contributed by atoms with Crippen LogP contribution in [-0.4, -0.2) is 23.2 Å². The first kappa shape index (κ1) is 11.4. The number of aliphatic hydroxyl groups excluding tert-OH is 1. The predicted molar refractivity (Wildman–Crippen MR) is 56.7 cm³/mol. The Kier molecular flexibility index (Phi) is 4.03. The molecule has 0 atom stereocenters. The fourth-order valence-corrected chi connectivity index (χ4v) is 1.03. The van der Waals surface area contributed by atoms with E-state index in [4.69, 9.17) is 10.2 Å². The molecule has 1 rings (SSSR count). The quantitative estimate of drug-likeness (QED) is 0.497. The summed E-state index contributed by atoms with van der Waals surface area (Å²) in [5.41, 5.74) is 1.25. The lowest BCUT2D eigenvalue weighted by atomic mass is 10.1. The van der Waals surface area contributed by atoms with E-state index in [2.05, 4.69) is 5.32 Å². The minimum atomic E-state index is -1.46. The van der Waals surface area contributed by atoms with Gasteiger partial charge < -0.3 is 15.5 Å². The van der Waals surface area contributed by atoms with Crippen LogP contribution >= 0.6 is 0 Å². The lowest BCUT2D eigenvalue weighted by Crippen LogP contribution is -2.13. The SMILES string of the molecule is CNC(=O)C=Cc1ccc(C(O)O)cc1. The standard InChI is InChI=1S/C11H13NO3/c1-12-10(13)7-4-8-2-5-9(6-3-8)11(14)15/h2-7,11,14-15H,1H3,(H,12,13). The van der Waals surface area contributed by atoms with Crippen molar-refractivity contribution in [3.63, 3.8) is 0 Å². The Bertz CT molecular complexity index is 355. The number of nitrogens with one attached hydrogen (secondary N) is 1. The molecule has 0 aromatic heterocycles. The molecular formula is C11H13NO3. The van der Waals surface area contributed by atoms with Crippen molar-refractivity contribution in [1.29, 1.82) is 0 Å². The summed E-state index contributed by atoms with van der Waals surface area (Å²) >= 11 is 0. The maximum Gasteiger partial charge on any atom is 0.243 e. The van der Waals surface area contributed by atoms with Gasteiger partial charge in [0.25, 0.3) is 0 Å². The fourth-order valence-electron chi connectivity index (χ4n) is 1.03. The summed E-state index contributed by atoms with van der Waals surface area (Å²) in [4.78, 5) is 10.9. The molecule has 0 fully saturated rings. The van der Waals surface area contributed by atoms with Gasteiger partial charge in [0, 0.05) is 18.7 Å². The van der Waals surface area contributed by atoms with Gasteiger partial charge in [-0.1, -0.05) is 24.3 Å².